The van der Waals surface area contributed by atoms with Crippen LogP contribution in [0.4, 0.5) is 5.69 Å². The Bertz CT molecular complexity index is 880. The Hall–Kier alpha value is -1.70. The molecule has 0 spiro atoms. The van der Waals surface area contributed by atoms with E-state index in [0.717, 1.165) is 15.6 Å². The fraction of sp³-hybridized carbons (Fsp3) is 0.278. The van der Waals surface area contributed by atoms with Gasteiger partial charge in [0.1, 0.15) is 0 Å². The molecule has 0 aliphatic carbocycles. The number of carbonyl (C=O) groups is 1. The zero-order chi connectivity index (χ0) is 18.8. The molecule has 1 amide bonds. The van der Waals surface area contributed by atoms with Crippen LogP contribution in [-0.2, 0) is 14.8 Å². The highest BCUT2D eigenvalue weighted by molar-refractivity contribution is 9.10. The molecule has 0 fully saturated rings. The van der Waals surface area contributed by atoms with Crippen LogP contribution in [0.1, 0.15) is 18.1 Å². The number of hydrogen-bond donors (Lipinski definition) is 1. The standard InChI is InChI=1S/C18H21BrN2O3S/c1-12-5-8-16(9-6-12)25(23,24)20-14(3)18(22)21(4)15-7-10-17(19)13(2)11-15/h5-11,14,20H,1-4H3/t14-/m0/s1. The van der Waals surface area contributed by atoms with E-state index in [4.69, 9.17) is 0 Å². The summed E-state index contributed by atoms with van der Waals surface area (Å²) in [5.74, 6) is -0.336. The van der Waals surface area contributed by atoms with Gasteiger partial charge in [-0.3, -0.25) is 4.79 Å². The lowest BCUT2D eigenvalue weighted by atomic mass is 10.2. The monoisotopic (exact) mass is 424 g/mol. The van der Waals surface area contributed by atoms with E-state index in [9.17, 15) is 13.2 Å². The summed E-state index contributed by atoms with van der Waals surface area (Å²) in [5, 5.41) is 0. The first-order chi connectivity index (χ1) is 11.6. The zero-order valence-electron chi connectivity index (χ0n) is 14.6. The number of carbonyl (C=O) groups excluding carboxylic acids is 1. The number of aryl methyl sites for hydroxylation is 2. The molecule has 0 bridgehead atoms. The average molecular weight is 425 g/mol. The first-order valence-corrected chi connectivity index (χ1v) is 10.0. The maximum atomic E-state index is 12.6. The second kappa shape index (κ2) is 7.68. The SMILES string of the molecule is Cc1ccc(S(=O)(=O)N[C@@H](C)C(=O)N(C)c2ccc(Br)c(C)c2)cc1. The smallest absolute Gasteiger partial charge is 0.244 e. The van der Waals surface area contributed by atoms with Gasteiger partial charge in [0.05, 0.1) is 10.9 Å². The summed E-state index contributed by atoms with van der Waals surface area (Å²) in [6.45, 7) is 5.34. The van der Waals surface area contributed by atoms with E-state index in [0.29, 0.717) is 5.69 Å². The van der Waals surface area contributed by atoms with E-state index in [1.807, 2.05) is 26.0 Å². The molecule has 134 valence electrons. The van der Waals surface area contributed by atoms with Gasteiger partial charge in [0, 0.05) is 17.2 Å². The molecule has 0 heterocycles. The summed E-state index contributed by atoms with van der Waals surface area (Å²) < 4.78 is 28.2. The number of benzene rings is 2. The molecular weight excluding hydrogens is 404 g/mol. The van der Waals surface area contributed by atoms with Crippen molar-refractivity contribution in [2.24, 2.45) is 0 Å². The number of nitrogens with zero attached hydrogens (tertiary/aromatic N) is 1. The van der Waals surface area contributed by atoms with Crippen LogP contribution in [0.15, 0.2) is 51.8 Å². The number of rotatable bonds is 5. The third kappa shape index (κ3) is 4.68. The molecule has 5 nitrogen and oxygen atoms in total. The summed E-state index contributed by atoms with van der Waals surface area (Å²) in [6.07, 6.45) is 0. The number of halogens is 1. The lowest BCUT2D eigenvalue weighted by Gasteiger charge is -2.23. The molecule has 2 rings (SSSR count). The van der Waals surface area contributed by atoms with Crippen LogP contribution in [0.25, 0.3) is 0 Å². The van der Waals surface area contributed by atoms with Crippen molar-refractivity contribution in [1.29, 1.82) is 0 Å². The van der Waals surface area contributed by atoms with Crippen molar-refractivity contribution in [3.63, 3.8) is 0 Å². The topological polar surface area (TPSA) is 66.5 Å². The summed E-state index contributed by atoms with van der Waals surface area (Å²) in [4.78, 5) is 14.2. The fourth-order valence-corrected chi connectivity index (χ4v) is 3.77. The lowest BCUT2D eigenvalue weighted by molar-refractivity contribution is -0.119. The summed E-state index contributed by atoms with van der Waals surface area (Å²) in [5.41, 5.74) is 2.66. The van der Waals surface area contributed by atoms with Gasteiger partial charge in [-0.25, -0.2) is 8.42 Å². The highest BCUT2D eigenvalue weighted by atomic mass is 79.9. The maximum absolute atomic E-state index is 12.6. The Labute approximate surface area is 157 Å². The molecule has 0 aliphatic rings. The molecule has 0 radical (unpaired) electrons. The van der Waals surface area contributed by atoms with E-state index >= 15 is 0 Å². The zero-order valence-corrected chi connectivity index (χ0v) is 17.0. The van der Waals surface area contributed by atoms with Gasteiger partial charge in [0.2, 0.25) is 15.9 Å². The minimum atomic E-state index is -3.76. The third-order valence-electron chi connectivity index (χ3n) is 3.89. The Kier molecular flexibility index (Phi) is 6.03. The van der Waals surface area contributed by atoms with E-state index < -0.39 is 16.1 Å². The van der Waals surface area contributed by atoms with Crippen molar-refractivity contribution in [2.75, 3.05) is 11.9 Å². The molecular formula is C18H21BrN2O3S. The summed E-state index contributed by atoms with van der Waals surface area (Å²) in [7, 11) is -2.13. The van der Waals surface area contributed by atoms with Crippen LogP contribution in [-0.4, -0.2) is 27.4 Å². The van der Waals surface area contributed by atoms with Gasteiger partial charge in [0.25, 0.3) is 0 Å². The molecule has 0 aromatic heterocycles. The number of amides is 1. The first-order valence-electron chi connectivity index (χ1n) is 7.74. The molecule has 0 aliphatic heterocycles. The largest absolute Gasteiger partial charge is 0.314 e. The van der Waals surface area contributed by atoms with Crippen molar-refractivity contribution in [1.82, 2.24) is 4.72 Å². The molecule has 1 atom stereocenters. The fourth-order valence-electron chi connectivity index (χ4n) is 2.32. The molecule has 0 unspecified atom stereocenters. The van der Waals surface area contributed by atoms with Crippen molar-refractivity contribution >= 4 is 37.5 Å². The Morgan fingerprint density at radius 3 is 2.28 bits per heavy atom. The van der Waals surface area contributed by atoms with Crippen molar-refractivity contribution in [3.05, 3.63) is 58.1 Å². The van der Waals surface area contributed by atoms with Crippen LogP contribution in [0.2, 0.25) is 0 Å². The number of likely N-dealkylation sites (N-methyl/N-ethyl adjacent to an activating group) is 1. The normalized spacial score (nSPS) is 12.7. The summed E-state index contributed by atoms with van der Waals surface area (Å²) in [6, 6.07) is 11.1. The second-order valence-electron chi connectivity index (χ2n) is 5.99. The van der Waals surface area contributed by atoms with E-state index in [1.54, 1.807) is 25.2 Å². The molecule has 1 N–H and O–H groups in total. The molecule has 2 aromatic carbocycles. The maximum Gasteiger partial charge on any atom is 0.244 e. The van der Waals surface area contributed by atoms with Crippen molar-refractivity contribution in [2.45, 2.75) is 31.7 Å². The highest BCUT2D eigenvalue weighted by Crippen LogP contribution is 2.23. The van der Waals surface area contributed by atoms with Crippen LogP contribution in [0.5, 0.6) is 0 Å². The quantitative estimate of drug-likeness (QED) is 0.799. The summed E-state index contributed by atoms with van der Waals surface area (Å²) >= 11 is 3.42. The van der Waals surface area contributed by atoms with Crippen molar-refractivity contribution in [3.8, 4) is 0 Å². The molecule has 2 aromatic rings. The molecule has 7 heteroatoms. The van der Waals surface area contributed by atoms with Gasteiger partial charge >= 0.3 is 0 Å². The molecule has 0 saturated heterocycles. The minimum absolute atomic E-state index is 0.139. The number of nitrogens with one attached hydrogen (secondary N) is 1. The van der Waals surface area contributed by atoms with Gasteiger partial charge in [-0.05, 0) is 56.7 Å². The molecule has 25 heavy (non-hydrogen) atoms. The van der Waals surface area contributed by atoms with E-state index in [1.165, 1.54) is 24.0 Å². The third-order valence-corrected chi connectivity index (χ3v) is 6.34. The lowest BCUT2D eigenvalue weighted by Crippen LogP contribution is -2.45. The number of hydrogen-bond acceptors (Lipinski definition) is 3. The predicted molar refractivity (Wildman–Crippen MR) is 103 cm³/mol. The second-order valence-corrected chi connectivity index (χ2v) is 8.56. The van der Waals surface area contributed by atoms with Gasteiger partial charge in [0.15, 0.2) is 0 Å². The minimum Gasteiger partial charge on any atom is -0.314 e. The highest BCUT2D eigenvalue weighted by Gasteiger charge is 2.25. The van der Waals surface area contributed by atoms with Crippen LogP contribution < -0.4 is 9.62 Å². The number of anilines is 1. The first kappa shape index (κ1) is 19.6. The van der Waals surface area contributed by atoms with Crippen LogP contribution >= 0.6 is 15.9 Å². The van der Waals surface area contributed by atoms with E-state index in [2.05, 4.69) is 20.7 Å². The van der Waals surface area contributed by atoms with Gasteiger partial charge in [-0.1, -0.05) is 33.6 Å². The van der Waals surface area contributed by atoms with Crippen LogP contribution in [0, 0.1) is 13.8 Å². The number of sulfonamides is 1. The Morgan fingerprint density at radius 1 is 1.12 bits per heavy atom. The van der Waals surface area contributed by atoms with Gasteiger partial charge in [-0.15, -0.1) is 0 Å². The Morgan fingerprint density at radius 2 is 1.72 bits per heavy atom. The average Bonchev–Trinajstić information content (AvgIpc) is 2.56. The van der Waals surface area contributed by atoms with Gasteiger partial charge in [-0.2, -0.15) is 4.72 Å². The van der Waals surface area contributed by atoms with Crippen LogP contribution in [0.3, 0.4) is 0 Å². The van der Waals surface area contributed by atoms with Gasteiger partial charge < -0.3 is 4.90 Å². The van der Waals surface area contributed by atoms with Crippen molar-refractivity contribution < 1.29 is 13.2 Å². The Balaban J connectivity index is 2.16. The molecule has 0 saturated carbocycles. The predicted octanol–water partition coefficient (Wildman–Crippen LogP) is 3.40. The van der Waals surface area contributed by atoms with E-state index in [-0.39, 0.29) is 10.8 Å².